The highest BCUT2D eigenvalue weighted by Crippen LogP contribution is 2.27. The number of benzene rings is 1. The van der Waals surface area contributed by atoms with E-state index in [-0.39, 0.29) is 12.4 Å². The summed E-state index contributed by atoms with van der Waals surface area (Å²) < 4.78 is 0. The van der Waals surface area contributed by atoms with Gasteiger partial charge in [0.1, 0.15) is 0 Å². The van der Waals surface area contributed by atoms with E-state index in [1.54, 1.807) is 0 Å². The Morgan fingerprint density at radius 1 is 1.17 bits per heavy atom. The van der Waals surface area contributed by atoms with Crippen LogP contribution in [-0.4, -0.2) is 31.1 Å². The van der Waals surface area contributed by atoms with Gasteiger partial charge in [0.05, 0.1) is 0 Å². The number of nitrogens with zero attached hydrogens (tertiary/aromatic N) is 1. The average molecular weight is 267 g/mol. The van der Waals surface area contributed by atoms with E-state index in [9.17, 15) is 0 Å². The third-order valence-corrected chi connectivity index (χ3v) is 4.36. The monoisotopic (exact) mass is 266 g/mol. The molecule has 2 nitrogen and oxygen atoms in total. The molecule has 100 valence electrons. The van der Waals surface area contributed by atoms with Gasteiger partial charge >= 0.3 is 0 Å². The van der Waals surface area contributed by atoms with Crippen molar-refractivity contribution in [1.29, 1.82) is 0 Å². The molecule has 2 aliphatic rings. The van der Waals surface area contributed by atoms with Gasteiger partial charge in [-0.2, -0.15) is 0 Å². The Kier molecular flexibility index (Phi) is 4.31. The molecule has 0 aliphatic carbocycles. The van der Waals surface area contributed by atoms with Gasteiger partial charge in [-0.25, -0.2) is 0 Å². The van der Waals surface area contributed by atoms with Crippen LogP contribution in [0.3, 0.4) is 0 Å². The number of aryl methyl sites for hydroxylation is 2. The SMILES string of the molecule is Cc1ccc(CN2C[C@H]3CNC[C@H]3C2)c(C)c1.Cl. The van der Waals surface area contributed by atoms with E-state index >= 15 is 0 Å². The van der Waals surface area contributed by atoms with E-state index in [0.717, 1.165) is 18.4 Å². The van der Waals surface area contributed by atoms with Crippen molar-refractivity contribution in [2.24, 2.45) is 11.8 Å². The Bertz CT molecular complexity index is 407. The van der Waals surface area contributed by atoms with Crippen LogP contribution in [0.2, 0.25) is 0 Å². The largest absolute Gasteiger partial charge is 0.316 e. The van der Waals surface area contributed by atoms with Crippen molar-refractivity contribution in [2.45, 2.75) is 20.4 Å². The van der Waals surface area contributed by atoms with Crippen LogP contribution >= 0.6 is 12.4 Å². The van der Waals surface area contributed by atoms with Gasteiger partial charge in [-0.1, -0.05) is 23.8 Å². The molecule has 2 heterocycles. The van der Waals surface area contributed by atoms with Crippen molar-refractivity contribution >= 4 is 12.4 Å². The quantitative estimate of drug-likeness (QED) is 0.884. The molecule has 1 aromatic rings. The van der Waals surface area contributed by atoms with Gasteiger partial charge < -0.3 is 5.32 Å². The highest BCUT2D eigenvalue weighted by Gasteiger charge is 2.35. The number of hydrogen-bond donors (Lipinski definition) is 1. The molecule has 2 saturated heterocycles. The predicted molar refractivity (Wildman–Crippen MR) is 78.3 cm³/mol. The first kappa shape index (κ1) is 13.9. The van der Waals surface area contributed by atoms with Crippen molar-refractivity contribution in [3.05, 3.63) is 34.9 Å². The fraction of sp³-hybridized carbons (Fsp3) is 0.600. The maximum atomic E-state index is 3.50. The number of rotatable bonds is 2. The highest BCUT2D eigenvalue weighted by molar-refractivity contribution is 5.85. The van der Waals surface area contributed by atoms with Crippen LogP contribution in [-0.2, 0) is 6.54 Å². The van der Waals surface area contributed by atoms with Gasteiger partial charge in [-0.3, -0.25) is 4.90 Å². The second-order valence-corrected chi connectivity index (χ2v) is 5.80. The molecule has 0 unspecified atom stereocenters. The Morgan fingerprint density at radius 3 is 2.44 bits per heavy atom. The number of halogens is 1. The van der Waals surface area contributed by atoms with Crippen molar-refractivity contribution in [3.8, 4) is 0 Å². The minimum absolute atomic E-state index is 0. The summed E-state index contributed by atoms with van der Waals surface area (Å²) in [4.78, 5) is 2.63. The van der Waals surface area contributed by atoms with Crippen LogP contribution in [0.25, 0.3) is 0 Å². The van der Waals surface area contributed by atoms with Crippen molar-refractivity contribution < 1.29 is 0 Å². The lowest BCUT2D eigenvalue weighted by Gasteiger charge is -2.18. The first-order valence-corrected chi connectivity index (χ1v) is 6.71. The topological polar surface area (TPSA) is 15.3 Å². The third-order valence-electron chi connectivity index (χ3n) is 4.36. The summed E-state index contributed by atoms with van der Waals surface area (Å²) in [6.07, 6.45) is 0. The van der Waals surface area contributed by atoms with E-state index in [0.29, 0.717) is 0 Å². The summed E-state index contributed by atoms with van der Waals surface area (Å²) in [6, 6.07) is 6.84. The normalized spacial score (nSPS) is 27.0. The van der Waals surface area contributed by atoms with Crippen LogP contribution in [0.1, 0.15) is 16.7 Å². The smallest absolute Gasteiger partial charge is 0.0236 e. The number of fused-ring (bicyclic) bond motifs is 1. The van der Waals surface area contributed by atoms with Gasteiger partial charge in [-0.05, 0) is 49.9 Å². The van der Waals surface area contributed by atoms with Crippen molar-refractivity contribution in [1.82, 2.24) is 10.2 Å². The molecular formula is C15H23ClN2. The molecule has 3 rings (SSSR count). The van der Waals surface area contributed by atoms with Crippen LogP contribution in [0.4, 0.5) is 0 Å². The molecule has 2 fully saturated rings. The third kappa shape index (κ3) is 2.71. The summed E-state index contributed by atoms with van der Waals surface area (Å²) in [5.41, 5.74) is 4.32. The Morgan fingerprint density at radius 2 is 1.83 bits per heavy atom. The standard InChI is InChI=1S/C15H22N2.ClH/c1-11-3-4-13(12(2)5-11)8-17-9-14-6-16-7-15(14)10-17;/h3-5,14-16H,6-10H2,1-2H3;1H/t14-,15+;. The van der Waals surface area contributed by atoms with Gasteiger partial charge in [-0.15, -0.1) is 12.4 Å². The van der Waals surface area contributed by atoms with Crippen molar-refractivity contribution in [2.75, 3.05) is 26.2 Å². The number of likely N-dealkylation sites (tertiary alicyclic amines) is 1. The van der Waals surface area contributed by atoms with Gasteiger partial charge in [0.25, 0.3) is 0 Å². The zero-order valence-corrected chi connectivity index (χ0v) is 12.1. The second-order valence-electron chi connectivity index (χ2n) is 5.80. The van der Waals surface area contributed by atoms with E-state index in [1.807, 2.05) is 0 Å². The molecule has 0 aromatic heterocycles. The molecule has 2 atom stereocenters. The lowest BCUT2D eigenvalue weighted by atomic mass is 10.0. The first-order chi connectivity index (χ1) is 8.22. The maximum absolute atomic E-state index is 3.50. The first-order valence-electron chi connectivity index (χ1n) is 6.71. The molecule has 0 saturated carbocycles. The summed E-state index contributed by atoms with van der Waals surface area (Å²) in [5.74, 6) is 1.81. The number of nitrogens with one attached hydrogen (secondary N) is 1. The molecular weight excluding hydrogens is 244 g/mol. The molecule has 1 N–H and O–H groups in total. The van der Waals surface area contributed by atoms with E-state index < -0.39 is 0 Å². The molecule has 18 heavy (non-hydrogen) atoms. The Labute approximate surface area is 116 Å². The molecule has 0 bridgehead atoms. The summed E-state index contributed by atoms with van der Waals surface area (Å²) in [7, 11) is 0. The molecule has 0 radical (unpaired) electrons. The van der Waals surface area contributed by atoms with Crippen LogP contribution < -0.4 is 5.32 Å². The lowest BCUT2D eigenvalue weighted by molar-refractivity contribution is 0.305. The lowest BCUT2D eigenvalue weighted by Crippen LogP contribution is -2.25. The van der Waals surface area contributed by atoms with Gasteiger partial charge in [0.15, 0.2) is 0 Å². The molecule has 3 heteroatoms. The molecule has 0 amide bonds. The van der Waals surface area contributed by atoms with E-state index in [2.05, 4.69) is 42.3 Å². The molecule has 2 aliphatic heterocycles. The summed E-state index contributed by atoms with van der Waals surface area (Å²) in [5, 5.41) is 3.50. The molecule has 0 spiro atoms. The fourth-order valence-electron chi connectivity index (χ4n) is 3.35. The van der Waals surface area contributed by atoms with Crippen LogP contribution in [0, 0.1) is 25.7 Å². The maximum Gasteiger partial charge on any atom is 0.0236 e. The van der Waals surface area contributed by atoms with Crippen LogP contribution in [0.5, 0.6) is 0 Å². The molecule has 1 aromatic carbocycles. The Balaban J connectivity index is 0.00000120. The predicted octanol–water partition coefficient (Wildman–Crippen LogP) is 2.38. The zero-order chi connectivity index (χ0) is 11.8. The van der Waals surface area contributed by atoms with Crippen molar-refractivity contribution in [3.63, 3.8) is 0 Å². The van der Waals surface area contributed by atoms with Gasteiger partial charge in [0.2, 0.25) is 0 Å². The zero-order valence-electron chi connectivity index (χ0n) is 11.3. The minimum atomic E-state index is 0. The van der Waals surface area contributed by atoms with Gasteiger partial charge in [0, 0.05) is 19.6 Å². The second kappa shape index (κ2) is 5.60. The van der Waals surface area contributed by atoms with Crippen LogP contribution in [0.15, 0.2) is 18.2 Å². The average Bonchev–Trinajstić information content (AvgIpc) is 2.82. The fourth-order valence-corrected chi connectivity index (χ4v) is 3.35. The summed E-state index contributed by atoms with van der Waals surface area (Å²) in [6.45, 7) is 10.6. The summed E-state index contributed by atoms with van der Waals surface area (Å²) >= 11 is 0. The minimum Gasteiger partial charge on any atom is -0.316 e. The van der Waals surface area contributed by atoms with E-state index in [1.165, 1.54) is 42.9 Å². The number of hydrogen-bond acceptors (Lipinski definition) is 2. The Hall–Kier alpha value is -0.570. The highest BCUT2D eigenvalue weighted by atomic mass is 35.5. The van der Waals surface area contributed by atoms with E-state index in [4.69, 9.17) is 0 Å².